The molecule has 1 aliphatic heterocycles. The summed E-state index contributed by atoms with van der Waals surface area (Å²) in [4.78, 5) is 21.9. The van der Waals surface area contributed by atoms with E-state index in [4.69, 9.17) is 4.98 Å². The van der Waals surface area contributed by atoms with Gasteiger partial charge in [-0.2, -0.15) is 5.10 Å². The fourth-order valence-corrected chi connectivity index (χ4v) is 4.81. The van der Waals surface area contributed by atoms with Crippen LogP contribution in [0.25, 0.3) is 10.2 Å². The summed E-state index contributed by atoms with van der Waals surface area (Å²) in [7, 11) is 3.73. The van der Waals surface area contributed by atoms with Crippen molar-refractivity contribution in [1.82, 2.24) is 19.7 Å². The van der Waals surface area contributed by atoms with Gasteiger partial charge in [-0.15, -0.1) is 0 Å². The highest BCUT2D eigenvalue weighted by Gasteiger charge is 2.28. The largest absolute Gasteiger partial charge is 0.346 e. The molecular formula is C20H25N5OS. The van der Waals surface area contributed by atoms with Gasteiger partial charge in [0.2, 0.25) is 0 Å². The number of benzene rings is 1. The van der Waals surface area contributed by atoms with E-state index < -0.39 is 0 Å². The number of anilines is 1. The van der Waals surface area contributed by atoms with Crippen LogP contribution in [-0.4, -0.2) is 51.8 Å². The maximum atomic E-state index is 12.8. The third kappa shape index (κ3) is 3.43. The van der Waals surface area contributed by atoms with E-state index in [2.05, 4.69) is 35.1 Å². The third-order valence-electron chi connectivity index (χ3n) is 5.36. The molecule has 0 spiro atoms. The number of carbonyl (C=O) groups excluding carboxylic acids is 1. The quantitative estimate of drug-likeness (QED) is 0.693. The number of aryl methyl sites for hydroxylation is 2. The molecule has 1 fully saturated rings. The number of fused-ring (bicyclic) bond motifs is 1. The van der Waals surface area contributed by atoms with Crippen LogP contribution in [0.3, 0.4) is 0 Å². The van der Waals surface area contributed by atoms with E-state index in [1.165, 1.54) is 10.3 Å². The molecule has 2 aromatic heterocycles. The summed E-state index contributed by atoms with van der Waals surface area (Å²) < 4.78 is 2.91. The van der Waals surface area contributed by atoms with E-state index >= 15 is 0 Å². The molecule has 1 saturated heterocycles. The highest BCUT2D eigenvalue weighted by molar-refractivity contribution is 7.22. The fourth-order valence-electron chi connectivity index (χ4n) is 3.76. The van der Waals surface area contributed by atoms with Crippen molar-refractivity contribution in [1.29, 1.82) is 0 Å². The minimum Gasteiger partial charge on any atom is -0.346 e. The first kappa shape index (κ1) is 18.0. The van der Waals surface area contributed by atoms with Gasteiger partial charge in [0.1, 0.15) is 0 Å². The summed E-state index contributed by atoms with van der Waals surface area (Å²) in [6.07, 6.45) is 6.49. The van der Waals surface area contributed by atoms with E-state index in [1.807, 2.05) is 19.0 Å². The maximum Gasteiger partial charge on any atom is 0.257 e. The number of likely N-dealkylation sites (N-methyl/N-ethyl adjacent to an activating group) is 1. The molecule has 142 valence electrons. The van der Waals surface area contributed by atoms with Crippen molar-refractivity contribution in [3.63, 3.8) is 0 Å². The molecule has 1 atom stereocenters. The normalized spacial score (nSPS) is 17.4. The van der Waals surface area contributed by atoms with Crippen molar-refractivity contribution in [2.45, 2.75) is 32.2 Å². The van der Waals surface area contributed by atoms with Crippen LogP contribution < -0.4 is 4.90 Å². The Morgan fingerprint density at radius 2 is 2.26 bits per heavy atom. The molecule has 3 heterocycles. The predicted octanol–water partition coefficient (Wildman–Crippen LogP) is 3.33. The lowest BCUT2D eigenvalue weighted by Crippen LogP contribution is -2.48. The van der Waals surface area contributed by atoms with E-state index in [1.54, 1.807) is 28.4 Å². The molecule has 7 heteroatoms. The minimum atomic E-state index is 0.0347. The second-order valence-electron chi connectivity index (χ2n) is 7.17. The van der Waals surface area contributed by atoms with E-state index in [0.717, 1.165) is 43.0 Å². The molecule has 0 radical (unpaired) electrons. The molecule has 1 amide bonds. The number of hydrogen-bond donors (Lipinski definition) is 0. The SMILES string of the molecule is CCc1cccc2sc(N3CCCC(N(C)C(=O)c4cnn(C)c4)C3)nc12. The Kier molecular flexibility index (Phi) is 4.86. The Morgan fingerprint density at radius 1 is 1.41 bits per heavy atom. The van der Waals surface area contributed by atoms with Crippen LogP contribution in [0.4, 0.5) is 5.13 Å². The summed E-state index contributed by atoms with van der Waals surface area (Å²) in [5.41, 5.74) is 3.07. The number of aromatic nitrogens is 3. The van der Waals surface area contributed by atoms with Crippen LogP contribution in [0.1, 0.15) is 35.7 Å². The second kappa shape index (κ2) is 7.31. The molecule has 6 nitrogen and oxygen atoms in total. The number of amides is 1. The highest BCUT2D eigenvalue weighted by Crippen LogP contribution is 2.33. The molecule has 0 aliphatic carbocycles. The lowest BCUT2D eigenvalue weighted by atomic mass is 10.0. The van der Waals surface area contributed by atoms with E-state index in [9.17, 15) is 4.79 Å². The number of carbonyl (C=O) groups is 1. The molecule has 4 rings (SSSR count). The number of nitrogens with zero attached hydrogens (tertiary/aromatic N) is 5. The summed E-state index contributed by atoms with van der Waals surface area (Å²) in [6, 6.07) is 6.60. The Hall–Kier alpha value is -2.41. The van der Waals surface area contributed by atoms with Crippen LogP contribution in [-0.2, 0) is 13.5 Å². The number of piperidine rings is 1. The Bertz CT molecular complexity index is 962. The average Bonchev–Trinajstić information content (AvgIpc) is 3.33. The smallest absolute Gasteiger partial charge is 0.257 e. The Balaban J connectivity index is 1.53. The van der Waals surface area contributed by atoms with Gasteiger partial charge >= 0.3 is 0 Å². The van der Waals surface area contributed by atoms with Gasteiger partial charge in [0.25, 0.3) is 5.91 Å². The van der Waals surface area contributed by atoms with Crippen LogP contribution in [0.5, 0.6) is 0 Å². The van der Waals surface area contributed by atoms with Gasteiger partial charge in [-0.05, 0) is 30.9 Å². The third-order valence-corrected chi connectivity index (χ3v) is 6.44. The van der Waals surface area contributed by atoms with Crippen LogP contribution in [0.2, 0.25) is 0 Å². The number of rotatable bonds is 4. The van der Waals surface area contributed by atoms with Crippen molar-refractivity contribution >= 4 is 32.6 Å². The number of thiazole rings is 1. The molecule has 1 unspecified atom stereocenters. The summed E-state index contributed by atoms with van der Waals surface area (Å²) in [5, 5.41) is 5.19. The first-order valence-electron chi connectivity index (χ1n) is 9.46. The van der Waals surface area contributed by atoms with Gasteiger partial charge in [0, 0.05) is 39.4 Å². The fraction of sp³-hybridized carbons (Fsp3) is 0.450. The van der Waals surface area contributed by atoms with Crippen molar-refractivity contribution in [3.05, 3.63) is 41.7 Å². The van der Waals surface area contributed by atoms with Crippen molar-refractivity contribution in [2.24, 2.45) is 7.05 Å². The molecule has 27 heavy (non-hydrogen) atoms. The summed E-state index contributed by atoms with van der Waals surface area (Å²) >= 11 is 1.75. The average molecular weight is 384 g/mol. The Morgan fingerprint density at radius 3 is 3.00 bits per heavy atom. The highest BCUT2D eigenvalue weighted by atomic mass is 32.1. The van der Waals surface area contributed by atoms with Crippen molar-refractivity contribution < 1.29 is 4.79 Å². The van der Waals surface area contributed by atoms with Crippen LogP contribution in [0, 0.1) is 0 Å². The number of para-hydroxylation sites is 1. The zero-order chi connectivity index (χ0) is 19.0. The Labute approximate surface area is 163 Å². The second-order valence-corrected chi connectivity index (χ2v) is 8.18. The molecule has 3 aromatic rings. The lowest BCUT2D eigenvalue weighted by Gasteiger charge is -2.37. The minimum absolute atomic E-state index is 0.0347. The van der Waals surface area contributed by atoms with Gasteiger partial charge in [-0.25, -0.2) is 4.98 Å². The zero-order valence-corrected chi connectivity index (χ0v) is 16.9. The van der Waals surface area contributed by atoms with Crippen LogP contribution in [0.15, 0.2) is 30.6 Å². The molecule has 0 N–H and O–H groups in total. The molecule has 0 saturated carbocycles. The number of hydrogen-bond acceptors (Lipinski definition) is 5. The van der Waals surface area contributed by atoms with Gasteiger partial charge < -0.3 is 9.80 Å². The van der Waals surface area contributed by atoms with E-state index in [0.29, 0.717) is 5.56 Å². The first-order valence-corrected chi connectivity index (χ1v) is 10.3. The standard InChI is InChI=1S/C20H25N5OS/c1-4-14-7-5-9-17-18(14)22-20(27-17)25-10-6-8-16(13-25)24(3)19(26)15-11-21-23(2)12-15/h5,7,9,11-12,16H,4,6,8,10,13H2,1-3H3. The van der Waals surface area contributed by atoms with Gasteiger partial charge in [0.05, 0.1) is 22.0 Å². The van der Waals surface area contributed by atoms with Crippen molar-refractivity contribution in [2.75, 3.05) is 25.0 Å². The zero-order valence-electron chi connectivity index (χ0n) is 16.1. The predicted molar refractivity (Wildman–Crippen MR) is 110 cm³/mol. The lowest BCUT2D eigenvalue weighted by molar-refractivity contribution is 0.0717. The molecule has 1 aliphatic rings. The van der Waals surface area contributed by atoms with Gasteiger partial charge in [0.15, 0.2) is 5.13 Å². The summed E-state index contributed by atoms with van der Waals surface area (Å²) in [5.74, 6) is 0.0347. The molecule has 0 bridgehead atoms. The van der Waals surface area contributed by atoms with E-state index in [-0.39, 0.29) is 11.9 Å². The maximum absolute atomic E-state index is 12.8. The molecular weight excluding hydrogens is 358 g/mol. The molecule has 1 aromatic carbocycles. The van der Waals surface area contributed by atoms with Gasteiger partial charge in [-0.1, -0.05) is 30.4 Å². The topological polar surface area (TPSA) is 54.3 Å². The van der Waals surface area contributed by atoms with Gasteiger partial charge in [-0.3, -0.25) is 9.48 Å². The summed E-state index contributed by atoms with van der Waals surface area (Å²) in [6.45, 7) is 3.99. The van der Waals surface area contributed by atoms with Crippen LogP contribution >= 0.6 is 11.3 Å². The first-order chi connectivity index (χ1) is 13.1. The monoisotopic (exact) mass is 383 g/mol. The van der Waals surface area contributed by atoms with Crippen molar-refractivity contribution in [3.8, 4) is 0 Å².